The molecular weight excluding hydrogens is 519 g/mol. The van der Waals surface area contributed by atoms with Gasteiger partial charge in [0.1, 0.15) is 0 Å². The van der Waals surface area contributed by atoms with E-state index in [2.05, 4.69) is 174 Å². The Morgan fingerprint density at radius 2 is 1.07 bits per heavy atom. The standard InChI is InChI=1S/C40H27BN2/c1-3-15-29(16-4-1)39-31-19-8-7-14-28(31)26-27-37(39)42-36-24-12-10-22-34(36)41-40-33(21-13-25-38(40)42)32-20-9-11-23-35(32)43(41)30-17-5-2-6-18-30/h1-27H. The molecule has 0 bridgehead atoms. The highest BCUT2D eigenvalue weighted by atomic mass is 15.2. The molecule has 0 saturated carbocycles. The summed E-state index contributed by atoms with van der Waals surface area (Å²) in [5, 5.41) is 2.50. The maximum Gasteiger partial charge on any atom is 0.333 e. The fourth-order valence-electron chi connectivity index (χ4n) is 7.29. The number of para-hydroxylation sites is 3. The van der Waals surface area contributed by atoms with Crippen molar-refractivity contribution in [1.29, 1.82) is 0 Å². The third kappa shape index (κ3) is 3.55. The first-order valence-electron chi connectivity index (χ1n) is 14.9. The van der Waals surface area contributed by atoms with Crippen molar-refractivity contribution >= 4 is 57.0 Å². The second-order valence-electron chi connectivity index (χ2n) is 11.3. The number of benzene rings is 7. The minimum Gasteiger partial charge on any atom is -0.376 e. The van der Waals surface area contributed by atoms with E-state index in [-0.39, 0.29) is 6.85 Å². The number of anilines is 5. The van der Waals surface area contributed by atoms with Crippen LogP contribution in [0.4, 0.5) is 28.4 Å². The van der Waals surface area contributed by atoms with E-state index in [1.54, 1.807) is 0 Å². The number of rotatable bonds is 3. The lowest BCUT2D eigenvalue weighted by molar-refractivity contribution is 1.27. The van der Waals surface area contributed by atoms with Crippen molar-refractivity contribution in [2.45, 2.75) is 0 Å². The second-order valence-corrected chi connectivity index (χ2v) is 11.3. The van der Waals surface area contributed by atoms with E-state index in [0.717, 1.165) is 0 Å². The van der Waals surface area contributed by atoms with E-state index in [1.807, 2.05) is 0 Å². The van der Waals surface area contributed by atoms with Gasteiger partial charge in [0.05, 0.1) is 5.69 Å². The van der Waals surface area contributed by atoms with Crippen LogP contribution < -0.4 is 20.6 Å². The monoisotopic (exact) mass is 546 g/mol. The summed E-state index contributed by atoms with van der Waals surface area (Å²) in [7, 11) is 0. The normalized spacial score (nSPS) is 13.0. The Balaban J connectivity index is 1.39. The number of fused-ring (bicyclic) bond motifs is 5. The molecule has 43 heavy (non-hydrogen) atoms. The first-order valence-corrected chi connectivity index (χ1v) is 14.9. The molecule has 0 spiro atoms. The molecule has 2 aliphatic heterocycles. The van der Waals surface area contributed by atoms with E-state index >= 15 is 0 Å². The van der Waals surface area contributed by atoms with Crippen LogP contribution >= 0.6 is 0 Å². The highest BCUT2D eigenvalue weighted by Crippen LogP contribution is 2.48. The highest BCUT2D eigenvalue weighted by molar-refractivity contribution is 6.93. The molecule has 200 valence electrons. The van der Waals surface area contributed by atoms with Gasteiger partial charge in [0.25, 0.3) is 0 Å². The van der Waals surface area contributed by atoms with E-state index in [0.29, 0.717) is 0 Å². The topological polar surface area (TPSA) is 6.48 Å². The SMILES string of the molecule is c1ccc(-c2c(N3c4ccccc4B4c5c(cccc53)-c3ccccc3N4c3ccccc3)ccc3ccccc23)cc1. The lowest BCUT2D eigenvalue weighted by Gasteiger charge is -2.46. The Morgan fingerprint density at radius 3 is 1.93 bits per heavy atom. The van der Waals surface area contributed by atoms with Gasteiger partial charge in [0, 0.05) is 33.9 Å². The fourth-order valence-corrected chi connectivity index (χ4v) is 7.29. The van der Waals surface area contributed by atoms with Crippen LogP contribution in [0.2, 0.25) is 0 Å². The predicted octanol–water partition coefficient (Wildman–Crippen LogP) is 9.21. The first kappa shape index (κ1) is 24.1. The van der Waals surface area contributed by atoms with Crippen LogP contribution in [-0.2, 0) is 0 Å². The Kier molecular flexibility index (Phi) is 5.33. The van der Waals surface area contributed by atoms with E-state index in [4.69, 9.17) is 0 Å². The molecule has 3 heteroatoms. The summed E-state index contributed by atoms with van der Waals surface area (Å²) in [6.07, 6.45) is 0. The summed E-state index contributed by atoms with van der Waals surface area (Å²) < 4.78 is 0. The summed E-state index contributed by atoms with van der Waals surface area (Å²) in [6, 6.07) is 59.7. The molecule has 0 saturated heterocycles. The molecule has 0 aromatic heterocycles. The van der Waals surface area contributed by atoms with Crippen molar-refractivity contribution in [3.05, 3.63) is 164 Å². The van der Waals surface area contributed by atoms with Crippen molar-refractivity contribution < 1.29 is 0 Å². The second kappa shape index (κ2) is 9.50. The van der Waals surface area contributed by atoms with E-state index in [1.165, 1.54) is 72.4 Å². The minimum absolute atomic E-state index is 0.0385. The van der Waals surface area contributed by atoms with Crippen molar-refractivity contribution in [2.24, 2.45) is 0 Å². The molecule has 7 aromatic carbocycles. The van der Waals surface area contributed by atoms with Crippen molar-refractivity contribution in [3.8, 4) is 22.3 Å². The third-order valence-corrected chi connectivity index (χ3v) is 9.03. The molecular formula is C40H27BN2. The molecule has 0 fully saturated rings. The van der Waals surface area contributed by atoms with E-state index < -0.39 is 0 Å². The summed E-state index contributed by atoms with van der Waals surface area (Å²) in [4.78, 5) is 5.05. The fraction of sp³-hybridized carbons (Fsp3) is 0. The predicted molar refractivity (Wildman–Crippen MR) is 183 cm³/mol. The van der Waals surface area contributed by atoms with Gasteiger partial charge in [-0.1, -0.05) is 127 Å². The van der Waals surface area contributed by atoms with Crippen LogP contribution in [0.25, 0.3) is 33.0 Å². The van der Waals surface area contributed by atoms with Crippen LogP contribution in [0.15, 0.2) is 164 Å². The van der Waals surface area contributed by atoms with Crippen molar-refractivity contribution in [1.82, 2.24) is 0 Å². The Morgan fingerprint density at radius 1 is 0.419 bits per heavy atom. The van der Waals surface area contributed by atoms with Gasteiger partial charge < -0.3 is 9.71 Å². The number of hydrogen-bond donors (Lipinski definition) is 0. The molecule has 0 unspecified atom stereocenters. The molecule has 2 heterocycles. The Hall–Kier alpha value is -5.54. The van der Waals surface area contributed by atoms with Gasteiger partial charge in [-0.05, 0) is 69.2 Å². The van der Waals surface area contributed by atoms with Crippen LogP contribution in [0.5, 0.6) is 0 Å². The summed E-state index contributed by atoms with van der Waals surface area (Å²) in [5.74, 6) is 0. The van der Waals surface area contributed by atoms with Crippen molar-refractivity contribution in [2.75, 3.05) is 9.71 Å². The number of hydrogen-bond acceptors (Lipinski definition) is 2. The van der Waals surface area contributed by atoms with E-state index in [9.17, 15) is 0 Å². The van der Waals surface area contributed by atoms with Crippen LogP contribution in [0.1, 0.15) is 0 Å². The largest absolute Gasteiger partial charge is 0.376 e. The zero-order valence-corrected chi connectivity index (χ0v) is 23.6. The highest BCUT2D eigenvalue weighted by Gasteiger charge is 2.44. The average Bonchev–Trinajstić information content (AvgIpc) is 3.09. The molecule has 2 aliphatic rings. The van der Waals surface area contributed by atoms with Gasteiger partial charge >= 0.3 is 6.85 Å². The zero-order chi connectivity index (χ0) is 28.3. The summed E-state index contributed by atoms with van der Waals surface area (Å²) >= 11 is 0. The van der Waals surface area contributed by atoms with Crippen LogP contribution in [0, 0.1) is 0 Å². The maximum atomic E-state index is 2.54. The Labute approximate surface area is 252 Å². The van der Waals surface area contributed by atoms with Gasteiger partial charge in [-0.15, -0.1) is 0 Å². The van der Waals surface area contributed by atoms with Gasteiger partial charge in [-0.25, -0.2) is 0 Å². The van der Waals surface area contributed by atoms with Crippen molar-refractivity contribution in [3.63, 3.8) is 0 Å². The molecule has 0 radical (unpaired) electrons. The minimum atomic E-state index is 0.0385. The lowest BCUT2D eigenvalue weighted by Crippen LogP contribution is -2.61. The summed E-state index contributed by atoms with van der Waals surface area (Å²) in [5.41, 5.74) is 13.7. The quantitative estimate of drug-likeness (QED) is 0.204. The third-order valence-electron chi connectivity index (χ3n) is 9.03. The number of nitrogens with zero attached hydrogens (tertiary/aromatic N) is 2. The molecule has 0 amide bonds. The maximum absolute atomic E-state index is 2.54. The Bertz CT molecular complexity index is 2160. The lowest BCUT2D eigenvalue weighted by atomic mass is 9.43. The molecule has 7 aromatic rings. The average molecular weight is 546 g/mol. The van der Waals surface area contributed by atoms with Gasteiger partial charge in [-0.2, -0.15) is 0 Å². The smallest absolute Gasteiger partial charge is 0.333 e. The molecule has 0 aliphatic carbocycles. The van der Waals surface area contributed by atoms with Crippen LogP contribution in [-0.4, -0.2) is 6.85 Å². The van der Waals surface area contributed by atoms with Crippen LogP contribution in [0.3, 0.4) is 0 Å². The van der Waals surface area contributed by atoms with Gasteiger partial charge in [0.15, 0.2) is 0 Å². The molecule has 0 atom stereocenters. The van der Waals surface area contributed by atoms with Gasteiger partial charge in [-0.3, -0.25) is 0 Å². The summed E-state index contributed by atoms with van der Waals surface area (Å²) in [6.45, 7) is 0.0385. The molecule has 9 rings (SSSR count). The van der Waals surface area contributed by atoms with Gasteiger partial charge in [0.2, 0.25) is 0 Å². The first-order chi connectivity index (χ1) is 21.4. The molecule has 2 nitrogen and oxygen atoms in total. The molecule has 0 N–H and O–H groups in total. The zero-order valence-electron chi connectivity index (χ0n) is 23.6.